The first kappa shape index (κ1) is 24.1. The fourth-order valence-electron chi connectivity index (χ4n) is 3.16. The first-order valence-corrected chi connectivity index (χ1v) is 11.4. The number of rotatable bonds is 9. The molecular formula is C22H25N5O5S. The molecule has 7 N–H and O–H groups in total. The molecule has 11 heteroatoms. The highest BCUT2D eigenvalue weighted by Gasteiger charge is 2.16. The van der Waals surface area contributed by atoms with E-state index in [-0.39, 0.29) is 23.8 Å². The van der Waals surface area contributed by atoms with Crippen molar-refractivity contribution in [3.8, 4) is 0 Å². The molecule has 10 nitrogen and oxygen atoms in total. The van der Waals surface area contributed by atoms with Crippen molar-refractivity contribution >= 4 is 38.6 Å². The van der Waals surface area contributed by atoms with Crippen LogP contribution in [0.2, 0.25) is 0 Å². The topological polar surface area (TPSA) is 172 Å². The molecule has 3 rings (SSSR count). The summed E-state index contributed by atoms with van der Waals surface area (Å²) in [5.41, 5.74) is 9.34. The Hall–Kier alpha value is -3.51. The van der Waals surface area contributed by atoms with Crippen molar-refractivity contribution in [2.75, 3.05) is 36.5 Å². The maximum Gasteiger partial charge on any atom is 0.294 e. The number of nitrogens with zero attached hydrogens (tertiary/aromatic N) is 2. The lowest BCUT2D eigenvalue weighted by Crippen LogP contribution is -2.29. The summed E-state index contributed by atoms with van der Waals surface area (Å²) in [6.07, 6.45) is 3.08. The summed E-state index contributed by atoms with van der Waals surface area (Å²) in [4.78, 5) is 6.16. The van der Waals surface area contributed by atoms with Crippen LogP contribution in [-0.4, -0.2) is 60.9 Å². The number of nitrogens with two attached hydrogens (primary N) is 1. The van der Waals surface area contributed by atoms with Gasteiger partial charge in [0.1, 0.15) is 0 Å². The average molecular weight is 472 g/mol. The van der Waals surface area contributed by atoms with Gasteiger partial charge in [-0.1, -0.05) is 0 Å². The van der Waals surface area contributed by atoms with Gasteiger partial charge in [0.05, 0.1) is 46.6 Å². The quantitative estimate of drug-likeness (QED) is 0.237. The Balaban J connectivity index is 1.82. The van der Waals surface area contributed by atoms with Gasteiger partial charge in [-0.15, -0.1) is 0 Å². The third-order valence-electron chi connectivity index (χ3n) is 4.80. The lowest BCUT2D eigenvalue weighted by molar-refractivity contribution is 0.281. The van der Waals surface area contributed by atoms with Crippen LogP contribution in [0.4, 0.5) is 17.1 Å². The number of aliphatic hydroxyl groups is 2. The summed E-state index contributed by atoms with van der Waals surface area (Å²) in [6.45, 7) is 0.733. The number of benzene rings is 2. The van der Waals surface area contributed by atoms with Crippen LogP contribution < -0.4 is 16.0 Å². The standard InChI is InChI=1S/C22H25N5O5S/c23-19-13-20(24)22(26-16-3-7-18(8-4-16)33(30,31)32)14-21(19)25-15-1-5-17(6-2-15)27(9-11-28)10-12-29/h1-8,13-14,24,26,28-29H,9-12,23H2,(H,30,31,32)/b24-20?,25-21-. The summed E-state index contributed by atoms with van der Waals surface area (Å²) < 4.78 is 31.5. The van der Waals surface area contributed by atoms with E-state index in [2.05, 4.69) is 10.3 Å². The molecule has 0 unspecified atom stereocenters. The van der Waals surface area contributed by atoms with Gasteiger partial charge in [0.15, 0.2) is 0 Å². The van der Waals surface area contributed by atoms with E-state index in [1.54, 1.807) is 18.2 Å². The highest BCUT2D eigenvalue weighted by atomic mass is 32.2. The number of allylic oxidation sites excluding steroid dienone is 2. The van der Waals surface area contributed by atoms with Crippen molar-refractivity contribution < 1.29 is 23.2 Å². The monoisotopic (exact) mass is 471 g/mol. The Bertz CT molecular complexity index is 1200. The molecule has 2 aromatic rings. The van der Waals surface area contributed by atoms with E-state index in [1.807, 2.05) is 17.0 Å². The van der Waals surface area contributed by atoms with E-state index in [4.69, 9.17) is 15.7 Å². The summed E-state index contributed by atoms with van der Waals surface area (Å²) in [7, 11) is -4.29. The van der Waals surface area contributed by atoms with Gasteiger partial charge in [-0.05, 0) is 60.7 Å². The molecule has 0 spiro atoms. The van der Waals surface area contributed by atoms with E-state index < -0.39 is 10.1 Å². The number of aliphatic hydroxyl groups excluding tert-OH is 2. The lowest BCUT2D eigenvalue weighted by Gasteiger charge is -2.23. The van der Waals surface area contributed by atoms with Gasteiger partial charge in [0.25, 0.3) is 10.1 Å². The van der Waals surface area contributed by atoms with Gasteiger partial charge >= 0.3 is 0 Å². The minimum absolute atomic E-state index is 0.0313. The molecule has 0 bridgehead atoms. The molecular weight excluding hydrogens is 446 g/mol. The maximum absolute atomic E-state index is 11.2. The highest BCUT2D eigenvalue weighted by Crippen LogP contribution is 2.23. The first-order chi connectivity index (χ1) is 15.7. The third-order valence-corrected chi connectivity index (χ3v) is 5.67. The smallest absolute Gasteiger partial charge is 0.294 e. The second-order valence-electron chi connectivity index (χ2n) is 7.14. The van der Waals surface area contributed by atoms with E-state index >= 15 is 0 Å². The van der Waals surface area contributed by atoms with Crippen molar-refractivity contribution in [1.82, 2.24) is 0 Å². The zero-order valence-corrected chi connectivity index (χ0v) is 18.5. The Morgan fingerprint density at radius 1 is 0.970 bits per heavy atom. The molecule has 174 valence electrons. The lowest BCUT2D eigenvalue weighted by atomic mass is 10.0. The van der Waals surface area contributed by atoms with Gasteiger partial charge in [-0.25, -0.2) is 4.99 Å². The molecule has 0 aromatic heterocycles. The van der Waals surface area contributed by atoms with Crippen LogP contribution >= 0.6 is 0 Å². The largest absolute Gasteiger partial charge is 0.397 e. The summed E-state index contributed by atoms with van der Waals surface area (Å²) >= 11 is 0. The van der Waals surface area contributed by atoms with Crippen LogP contribution in [0.3, 0.4) is 0 Å². The highest BCUT2D eigenvalue weighted by molar-refractivity contribution is 7.85. The minimum atomic E-state index is -4.29. The number of hydrogen-bond donors (Lipinski definition) is 6. The second kappa shape index (κ2) is 10.4. The number of nitrogens with one attached hydrogen (secondary N) is 2. The SMILES string of the molecule is N=C1C=C(N)/C(=N\c2ccc(N(CCO)CCO)cc2)C=C1Nc1ccc(S(=O)(=O)O)cc1. The molecule has 0 fully saturated rings. The number of anilines is 2. The average Bonchev–Trinajstić information content (AvgIpc) is 2.77. The Morgan fingerprint density at radius 2 is 1.58 bits per heavy atom. The molecule has 0 aliphatic heterocycles. The van der Waals surface area contributed by atoms with Gasteiger partial charge in [-0.2, -0.15) is 8.42 Å². The Kier molecular flexibility index (Phi) is 7.61. The summed E-state index contributed by atoms with van der Waals surface area (Å²) in [5.74, 6) is 0. The predicted molar refractivity (Wildman–Crippen MR) is 128 cm³/mol. The zero-order valence-electron chi connectivity index (χ0n) is 17.6. The first-order valence-electron chi connectivity index (χ1n) is 9.99. The van der Waals surface area contributed by atoms with Crippen molar-refractivity contribution in [3.05, 3.63) is 72.1 Å². The maximum atomic E-state index is 11.2. The van der Waals surface area contributed by atoms with E-state index in [1.165, 1.54) is 30.3 Å². The third kappa shape index (κ3) is 6.26. The molecule has 1 aliphatic rings. The van der Waals surface area contributed by atoms with Crippen LogP contribution in [0.15, 0.2) is 82.0 Å². The van der Waals surface area contributed by atoms with Gasteiger partial charge < -0.3 is 26.2 Å². The summed E-state index contributed by atoms with van der Waals surface area (Å²) in [5, 5.41) is 29.6. The summed E-state index contributed by atoms with van der Waals surface area (Å²) in [6, 6.07) is 12.7. The van der Waals surface area contributed by atoms with Crippen molar-refractivity contribution in [2.45, 2.75) is 4.90 Å². The van der Waals surface area contributed by atoms with Crippen LogP contribution in [0, 0.1) is 5.41 Å². The molecule has 0 radical (unpaired) electrons. The molecule has 33 heavy (non-hydrogen) atoms. The van der Waals surface area contributed by atoms with Crippen LogP contribution in [-0.2, 0) is 10.1 Å². The molecule has 0 saturated carbocycles. The predicted octanol–water partition coefficient (Wildman–Crippen LogP) is 1.67. The molecule has 1 aliphatic carbocycles. The van der Waals surface area contributed by atoms with Gasteiger partial charge in [-0.3, -0.25) is 9.96 Å². The van der Waals surface area contributed by atoms with E-state index in [0.29, 0.717) is 41.6 Å². The molecule has 0 amide bonds. The Morgan fingerprint density at radius 3 is 2.12 bits per heavy atom. The molecule has 0 saturated heterocycles. The van der Waals surface area contributed by atoms with Gasteiger partial charge in [0, 0.05) is 24.5 Å². The van der Waals surface area contributed by atoms with Crippen molar-refractivity contribution in [3.63, 3.8) is 0 Å². The number of hydrogen-bond acceptors (Lipinski definition) is 9. The van der Waals surface area contributed by atoms with Crippen LogP contribution in [0.5, 0.6) is 0 Å². The van der Waals surface area contributed by atoms with Crippen molar-refractivity contribution in [1.29, 1.82) is 5.41 Å². The van der Waals surface area contributed by atoms with Gasteiger partial charge in [0.2, 0.25) is 0 Å². The fraction of sp³-hybridized carbons (Fsp3) is 0.182. The van der Waals surface area contributed by atoms with Crippen LogP contribution in [0.25, 0.3) is 0 Å². The second-order valence-corrected chi connectivity index (χ2v) is 8.57. The Labute approximate surface area is 191 Å². The van der Waals surface area contributed by atoms with Crippen molar-refractivity contribution in [2.24, 2.45) is 10.7 Å². The molecule has 2 aromatic carbocycles. The molecule has 0 atom stereocenters. The zero-order chi connectivity index (χ0) is 24.0. The van der Waals surface area contributed by atoms with E-state index in [9.17, 15) is 18.6 Å². The minimum Gasteiger partial charge on any atom is -0.397 e. The fourth-order valence-corrected chi connectivity index (χ4v) is 3.64. The number of aliphatic imine (C=N–C) groups is 1. The molecule has 0 heterocycles. The van der Waals surface area contributed by atoms with E-state index in [0.717, 1.165) is 5.69 Å². The normalized spacial score (nSPS) is 15.2. The van der Waals surface area contributed by atoms with Crippen LogP contribution in [0.1, 0.15) is 0 Å².